The standard InChI is InChI=1S/C25H44N6O3/c26-18-12-11-16-22(24(33)31-34)30-23(32)17-8-6-4-2-1-3-5-7-13-20-14-9-10-15-21(20)19-29-25(27)28/h9-10,14-15,22,34H,1-8,11-13,16-19,26H2,(H,30,32)(H,31,33)(H4,27,28,29)/t22-/m1/s1. The molecule has 0 radical (unpaired) electrons. The molecule has 9 heteroatoms. The van der Waals surface area contributed by atoms with Gasteiger partial charge in [-0.15, -0.1) is 0 Å². The number of benzene rings is 1. The summed E-state index contributed by atoms with van der Waals surface area (Å²) in [6.45, 7) is 1.07. The van der Waals surface area contributed by atoms with Gasteiger partial charge in [0.2, 0.25) is 5.91 Å². The maximum absolute atomic E-state index is 12.1. The first-order valence-electron chi connectivity index (χ1n) is 12.5. The van der Waals surface area contributed by atoms with Gasteiger partial charge in [0, 0.05) is 6.42 Å². The molecule has 0 fully saturated rings. The van der Waals surface area contributed by atoms with Gasteiger partial charge in [0.05, 0.1) is 6.54 Å². The molecule has 1 aromatic carbocycles. The number of hydroxylamine groups is 1. The second kappa shape index (κ2) is 18.7. The molecule has 1 aromatic rings. The zero-order chi connectivity index (χ0) is 25.0. The molecular weight excluding hydrogens is 432 g/mol. The summed E-state index contributed by atoms with van der Waals surface area (Å²) in [4.78, 5) is 27.9. The highest BCUT2D eigenvalue weighted by molar-refractivity contribution is 5.86. The van der Waals surface area contributed by atoms with E-state index in [0.29, 0.717) is 25.9 Å². The van der Waals surface area contributed by atoms with E-state index < -0.39 is 11.9 Å². The van der Waals surface area contributed by atoms with Crippen LogP contribution in [0.5, 0.6) is 0 Å². The van der Waals surface area contributed by atoms with Crippen LogP contribution in [0.1, 0.15) is 88.2 Å². The minimum Gasteiger partial charge on any atom is -0.370 e. The fourth-order valence-corrected chi connectivity index (χ4v) is 3.90. The van der Waals surface area contributed by atoms with Gasteiger partial charge in [-0.05, 0) is 56.2 Å². The summed E-state index contributed by atoms with van der Waals surface area (Å²) in [6, 6.07) is 7.58. The number of unbranched alkanes of at least 4 members (excludes halogenated alkanes) is 8. The third kappa shape index (κ3) is 13.8. The largest absolute Gasteiger partial charge is 0.370 e. The molecule has 2 amide bonds. The van der Waals surface area contributed by atoms with Crippen molar-refractivity contribution in [3.63, 3.8) is 0 Å². The molecule has 0 spiro atoms. The number of aliphatic imine (C=N–C) groups is 1. The zero-order valence-electron chi connectivity index (χ0n) is 20.4. The maximum Gasteiger partial charge on any atom is 0.265 e. The van der Waals surface area contributed by atoms with Gasteiger partial charge in [0.15, 0.2) is 5.96 Å². The number of aryl methyl sites for hydroxylation is 1. The Labute approximate surface area is 203 Å². The number of rotatable bonds is 19. The average Bonchev–Trinajstić information content (AvgIpc) is 2.83. The van der Waals surface area contributed by atoms with Crippen molar-refractivity contribution < 1.29 is 14.8 Å². The molecule has 0 aliphatic rings. The van der Waals surface area contributed by atoms with Gasteiger partial charge in [-0.3, -0.25) is 14.8 Å². The predicted molar refractivity (Wildman–Crippen MR) is 136 cm³/mol. The summed E-state index contributed by atoms with van der Waals surface area (Å²) >= 11 is 0. The van der Waals surface area contributed by atoms with Crippen LogP contribution in [0.2, 0.25) is 0 Å². The van der Waals surface area contributed by atoms with Crippen LogP contribution < -0.4 is 28.0 Å². The Morgan fingerprint density at radius 3 is 2.12 bits per heavy atom. The van der Waals surface area contributed by atoms with E-state index in [1.807, 2.05) is 6.07 Å². The second-order valence-electron chi connectivity index (χ2n) is 8.72. The molecule has 192 valence electrons. The van der Waals surface area contributed by atoms with Crippen molar-refractivity contribution in [1.29, 1.82) is 0 Å². The monoisotopic (exact) mass is 476 g/mol. The summed E-state index contributed by atoms with van der Waals surface area (Å²) in [5.74, 6) is -0.615. The van der Waals surface area contributed by atoms with E-state index in [2.05, 4.69) is 28.5 Å². The van der Waals surface area contributed by atoms with Crippen molar-refractivity contribution in [3.05, 3.63) is 35.4 Å². The van der Waals surface area contributed by atoms with Gasteiger partial charge in [-0.25, -0.2) is 10.5 Å². The lowest BCUT2D eigenvalue weighted by molar-refractivity contribution is -0.135. The molecule has 9 nitrogen and oxygen atoms in total. The van der Waals surface area contributed by atoms with Gasteiger partial charge in [-0.2, -0.15) is 0 Å². The van der Waals surface area contributed by atoms with Crippen molar-refractivity contribution >= 4 is 17.8 Å². The molecule has 0 heterocycles. The molecule has 0 saturated heterocycles. The Morgan fingerprint density at radius 2 is 1.50 bits per heavy atom. The van der Waals surface area contributed by atoms with Crippen molar-refractivity contribution in [2.24, 2.45) is 22.2 Å². The van der Waals surface area contributed by atoms with E-state index >= 15 is 0 Å². The summed E-state index contributed by atoms with van der Waals surface area (Å²) in [7, 11) is 0. The van der Waals surface area contributed by atoms with E-state index in [9.17, 15) is 9.59 Å². The van der Waals surface area contributed by atoms with Gasteiger partial charge in [0.25, 0.3) is 5.91 Å². The molecule has 0 bridgehead atoms. The van der Waals surface area contributed by atoms with Crippen LogP contribution in [-0.4, -0.2) is 35.6 Å². The zero-order valence-corrected chi connectivity index (χ0v) is 20.4. The Kier molecular flexibility index (Phi) is 16.2. The van der Waals surface area contributed by atoms with E-state index in [-0.39, 0.29) is 11.9 Å². The highest BCUT2D eigenvalue weighted by Gasteiger charge is 2.19. The minimum atomic E-state index is -0.706. The summed E-state index contributed by atoms with van der Waals surface area (Å²) in [6.07, 6.45) is 12.2. The Balaban J connectivity index is 2.10. The van der Waals surface area contributed by atoms with Gasteiger partial charge < -0.3 is 22.5 Å². The third-order valence-corrected chi connectivity index (χ3v) is 5.86. The summed E-state index contributed by atoms with van der Waals surface area (Å²) in [5.41, 5.74) is 20.5. The van der Waals surface area contributed by atoms with Crippen molar-refractivity contribution in [1.82, 2.24) is 10.8 Å². The summed E-state index contributed by atoms with van der Waals surface area (Å²) < 4.78 is 0. The van der Waals surface area contributed by atoms with Crippen LogP contribution >= 0.6 is 0 Å². The van der Waals surface area contributed by atoms with Crippen molar-refractivity contribution in [3.8, 4) is 0 Å². The van der Waals surface area contributed by atoms with Crippen molar-refractivity contribution in [2.75, 3.05) is 6.54 Å². The Morgan fingerprint density at radius 1 is 0.882 bits per heavy atom. The molecule has 0 saturated carbocycles. The molecular formula is C25H44N6O3. The van der Waals surface area contributed by atoms with Crippen molar-refractivity contribution in [2.45, 2.75) is 96.1 Å². The van der Waals surface area contributed by atoms with E-state index in [4.69, 9.17) is 22.4 Å². The molecule has 0 aromatic heterocycles. The first-order chi connectivity index (χ1) is 16.5. The van der Waals surface area contributed by atoms with Crippen LogP contribution in [0.15, 0.2) is 29.3 Å². The predicted octanol–water partition coefficient (Wildman–Crippen LogP) is 2.63. The number of carbonyl (C=O) groups excluding carboxylic acids is 2. The quantitative estimate of drug-likeness (QED) is 0.0589. The number of guanidine groups is 1. The van der Waals surface area contributed by atoms with Gasteiger partial charge >= 0.3 is 0 Å². The molecule has 0 unspecified atom stereocenters. The Bertz CT molecular complexity index is 737. The SMILES string of the molecule is NCCCC[C@@H](NC(=O)CCCCCCCCCCc1ccccc1CN=C(N)N)C(=O)NO. The molecule has 1 rings (SSSR count). The average molecular weight is 477 g/mol. The van der Waals surface area contributed by atoms with E-state index in [0.717, 1.165) is 51.4 Å². The number of hydrogen-bond acceptors (Lipinski definition) is 5. The lowest BCUT2D eigenvalue weighted by Crippen LogP contribution is -2.45. The van der Waals surface area contributed by atoms with E-state index in [1.54, 1.807) is 5.48 Å². The Hall–Kier alpha value is -2.65. The maximum atomic E-state index is 12.1. The number of nitrogens with two attached hydrogens (primary N) is 3. The minimum absolute atomic E-state index is 0.118. The topological polar surface area (TPSA) is 169 Å². The number of nitrogens with zero attached hydrogens (tertiary/aromatic N) is 1. The first kappa shape index (κ1) is 29.4. The highest BCUT2D eigenvalue weighted by Crippen LogP contribution is 2.16. The highest BCUT2D eigenvalue weighted by atomic mass is 16.5. The molecule has 0 aliphatic carbocycles. The normalized spacial score (nSPS) is 11.6. The summed E-state index contributed by atoms with van der Waals surface area (Å²) in [5, 5.41) is 11.6. The molecule has 9 N–H and O–H groups in total. The molecule has 1 atom stereocenters. The third-order valence-electron chi connectivity index (χ3n) is 5.86. The fraction of sp³-hybridized carbons (Fsp3) is 0.640. The van der Waals surface area contributed by atoms with Crippen LogP contribution in [-0.2, 0) is 22.6 Å². The number of hydrogen-bond donors (Lipinski definition) is 6. The molecule has 0 aliphatic heterocycles. The fourth-order valence-electron chi connectivity index (χ4n) is 3.90. The first-order valence-corrected chi connectivity index (χ1v) is 12.5. The number of carbonyl (C=O) groups is 2. The van der Waals surface area contributed by atoms with Crippen LogP contribution in [0.3, 0.4) is 0 Å². The van der Waals surface area contributed by atoms with Crippen LogP contribution in [0, 0.1) is 0 Å². The number of nitrogens with one attached hydrogen (secondary N) is 2. The van der Waals surface area contributed by atoms with Gasteiger partial charge in [0.1, 0.15) is 6.04 Å². The lowest BCUT2D eigenvalue weighted by Gasteiger charge is -2.16. The number of amides is 2. The second-order valence-corrected chi connectivity index (χ2v) is 8.72. The van der Waals surface area contributed by atoms with Gasteiger partial charge in [-0.1, -0.05) is 62.8 Å². The molecule has 34 heavy (non-hydrogen) atoms. The smallest absolute Gasteiger partial charge is 0.265 e. The van der Waals surface area contributed by atoms with Crippen LogP contribution in [0.4, 0.5) is 0 Å². The van der Waals surface area contributed by atoms with Crippen LogP contribution in [0.25, 0.3) is 0 Å². The van der Waals surface area contributed by atoms with E-state index in [1.165, 1.54) is 30.4 Å². The lowest BCUT2D eigenvalue weighted by atomic mass is 10.00.